The maximum absolute atomic E-state index is 12.1. The highest BCUT2D eigenvalue weighted by molar-refractivity contribution is 5.81. The fourth-order valence-corrected chi connectivity index (χ4v) is 3.61. The molecule has 1 atom stereocenters. The summed E-state index contributed by atoms with van der Waals surface area (Å²) < 4.78 is 0. The van der Waals surface area contributed by atoms with Gasteiger partial charge in [0.2, 0.25) is 11.8 Å². The lowest BCUT2D eigenvalue weighted by Crippen LogP contribution is -2.39. The molecule has 0 radical (unpaired) electrons. The van der Waals surface area contributed by atoms with E-state index < -0.39 is 0 Å². The van der Waals surface area contributed by atoms with Gasteiger partial charge in [0.25, 0.3) is 0 Å². The summed E-state index contributed by atoms with van der Waals surface area (Å²) in [6.07, 6.45) is 4.58. The van der Waals surface area contributed by atoms with Gasteiger partial charge in [0.05, 0.1) is 0 Å². The van der Waals surface area contributed by atoms with E-state index in [2.05, 4.69) is 34.1 Å². The summed E-state index contributed by atoms with van der Waals surface area (Å²) in [4.78, 5) is 24.2. The number of amides is 2. The van der Waals surface area contributed by atoms with E-state index >= 15 is 0 Å². The number of rotatable bonds is 6. The van der Waals surface area contributed by atoms with Crippen molar-refractivity contribution >= 4 is 11.8 Å². The van der Waals surface area contributed by atoms with Gasteiger partial charge in [-0.1, -0.05) is 31.0 Å². The van der Waals surface area contributed by atoms with Crippen LogP contribution in [0.4, 0.5) is 0 Å². The molecule has 2 amide bonds. The highest BCUT2D eigenvalue weighted by Gasteiger charge is 2.24. The fraction of sp³-hybridized carbons (Fsp3) is 0.579. The Kier molecular flexibility index (Phi) is 5.51. The third kappa shape index (κ3) is 4.35. The molecule has 1 aliphatic carbocycles. The van der Waals surface area contributed by atoms with Crippen LogP contribution in [0.3, 0.4) is 0 Å². The van der Waals surface area contributed by atoms with E-state index in [1.54, 1.807) is 0 Å². The highest BCUT2D eigenvalue weighted by atomic mass is 16.2. The van der Waals surface area contributed by atoms with Gasteiger partial charge in [-0.2, -0.15) is 0 Å². The Hall–Kier alpha value is -1.88. The van der Waals surface area contributed by atoms with Gasteiger partial charge in [-0.05, 0) is 36.5 Å². The van der Waals surface area contributed by atoms with Gasteiger partial charge in [-0.15, -0.1) is 0 Å². The zero-order chi connectivity index (χ0) is 16.9. The molecule has 1 saturated carbocycles. The Morgan fingerprint density at radius 2 is 1.96 bits per heavy atom. The summed E-state index contributed by atoms with van der Waals surface area (Å²) in [5.41, 5.74) is 3.78. The molecule has 5 heteroatoms. The summed E-state index contributed by atoms with van der Waals surface area (Å²) in [5.74, 6) is 0.238. The van der Waals surface area contributed by atoms with Gasteiger partial charge in [-0.3, -0.25) is 9.59 Å². The summed E-state index contributed by atoms with van der Waals surface area (Å²) in [6.45, 7) is 4.27. The van der Waals surface area contributed by atoms with Gasteiger partial charge < -0.3 is 16.0 Å². The molecule has 5 nitrogen and oxygen atoms in total. The number of hydrogen-bond acceptors (Lipinski definition) is 3. The van der Waals surface area contributed by atoms with E-state index in [0.717, 1.165) is 44.3 Å². The molecule has 1 aromatic carbocycles. The molecule has 0 bridgehead atoms. The molecular formula is C19H27N3O2. The molecule has 1 aliphatic heterocycles. The van der Waals surface area contributed by atoms with Crippen LogP contribution >= 0.6 is 0 Å². The first-order valence-electron chi connectivity index (χ1n) is 9.00. The van der Waals surface area contributed by atoms with Crippen molar-refractivity contribution in [2.24, 2.45) is 5.92 Å². The normalized spacial score (nSPS) is 18.2. The molecule has 0 aromatic heterocycles. The first-order chi connectivity index (χ1) is 11.6. The van der Waals surface area contributed by atoms with Crippen molar-refractivity contribution in [3.05, 3.63) is 34.9 Å². The van der Waals surface area contributed by atoms with Crippen molar-refractivity contribution in [1.29, 1.82) is 0 Å². The Bertz CT molecular complexity index is 609. The van der Waals surface area contributed by atoms with Crippen molar-refractivity contribution in [3.8, 4) is 0 Å². The second-order valence-electron chi connectivity index (χ2n) is 7.08. The topological polar surface area (TPSA) is 70.2 Å². The van der Waals surface area contributed by atoms with Crippen LogP contribution in [0.25, 0.3) is 0 Å². The van der Waals surface area contributed by atoms with Gasteiger partial charge in [-0.25, -0.2) is 0 Å². The number of benzene rings is 1. The maximum atomic E-state index is 12.1. The molecule has 24 heavy (non-hydrogen) atoms. The Labute approximate surface area is 143 Å². The van der Waals surface area contributed by atoms with Crippen LogP contribution in [0.2, 0.25) is 0 Å². The third-order valence-corrected chi connectivity index (χ3v) is 5.00. The van der Waals surface area contributed by atoms with Crippen LogP contribution in [-0.4, -0.2) is 17.9 Å². The summed E-state index contributed by atoms with van der Waals surface area (Å²) in [5, 5.41) is 9.25. The first-order valence-corrected chi connectivity index (χ1v) is 9.00. The molecule has 130 valence electrons. The Balaban J connectivity index is 1.41. The molecule has 1 fully saturated rings. The molecule has 0 spiro atoms. The van der Waals surface area contributed by atoms with E-state index in [1.165, 1.54) is 11.1 Å². The third-order valence-electron chi connectivity index (χ3n) is 5.00. The van der Waals surface area contributed by atoms with Gasteiger partial charge in [0.1, 0.15) is 0 Å². The lowest BCUT2D eigenvalue weighted by Gasteiger charge is -2.17. The quantitative estimate of drug-likeness (QED) is 0.747. The second kappa shape index (κ2) is 7.79. The standard InChI is InChI=1S/C19H27N3O2/c1-13(22-19(24)15-4-2-3-5-15)8-18(23)21-10-14-6-7-16-11-20-12-17(16)9-14/h6-7,9,13,15,20H,2-5,8,10-12H2,1H3,(H,21,23)(H,22,24). The Morgan fingerprint density at radius 1 is 1.21 bits per heavy atom. The predicted octanol–water partition coefficient (Wildman–Crippen LogP) is 1.99. The minimum atomic E-state index is -0.123. The maximum Gasteiger partial charge on any atom is 0.223 e. The molecule has 1 aromatic rings. The number of carbonyl (C=O) groups excluding carboxylic acids is 2. The fourth-order valence-electron chi connectivity index (χ4n) is 3.61. The number of fused-ring (bicyclic) bond motifs is 1. The van der Waals surface area contributed by atoms with E-state index in [4.69, 9.17) is 0 Å². The van der Waals surface area contributed by atoms with Crippen LogP contribution in [-0.2, 0) is 29.2 Å². The summed E-state index contributed by atoms with van der Waals surface area (Å²) >= 11 is 0. The molecule has 3 rings (SSSR count). The number of hydrogen-bond donors (Lipinski definition) is 3. The predicted molar refractivity (Wildman–Crippen MR) is 93.0 cm³/mol. The molecule has 1 heterocycles. The van der Waals surface area contributed by atoms with Crippen LogP contribution in [0.5, 0.6) is 0 Å². The van der Waals surface area contributed by atoms with Crippen LogP contribution in [0.15, 0.2) is 18.2 Å². The zero-order valence-corrected chi connectivity index (χ0v) is 14.4. The van der Waals surface area contributed by atoms with Crippen molar-refractivity contribution in [3.63, 3.8) is 0 Å². The van der Waals surface area contributed by atoms with Gasteiger partial charge >= 0.3 is 0 Å². The molecule has 0 saturated heterocycles. The van der Waals surface area contributed by atoms with Crippen molar-refractivity contribution in [2.75, 3.05) is 0 Å². The van der Waals surface area contributed by atoms with E-state index in [9.17, 15) is 9.59 Å². The van der Waals surface area contributed by atoms with E-state index in [-0.39, 0.29) is 23.8 Å². The van der Waals surface area contributed by atoms with Crippen LogP contribution < -0.4 is 16.0 Å². The van der Waals surface area contributed by atoms with Crippen LogP contribution in [0, 0.1) is 5.92 Å². The number of nitrogens with one attached hydrogen (secondary N) is 3. The van der Waals surface area contributed by atoms with Gasteiger partial charge in [0.15, 0.2) is 0 Å². The Morgan fingerprint density at radius 3 is 2.75 bits per heavy atom. The minimum absolute atomic E-state index is 0.0205. The molecular weight excluding hydrogens is 302 g/mol. The minimum Gasteiger partial charge on any atom is -0.353 e. The highest BCUT2D eigenvalue weighted by Crippen LogP contribution is 2.24. The lowest BCUT2D eigenvalue weighted by atomic mass is 10.1. The van der Waals surface area contributed by atoms with E-state index in [0.29, 0.717) is 13.0 Å². The second-order valence-corrected chi connectivity index (χ2v) is 7.08. The zero-order valence-electron chi connectivity index (χ0n) is 14.4. The number of carbonyl (C=O) groups is 2. The SMILES string of the molecule is CC(CC(=O)NCc1ccc2c(c1)CNC2)NC(=O)C1CCCC1. The average molecular weight is 329 g/mol. The molecule has 3 N–H and O–H groups in total. The van der Waals surface area contributed by atoms with Gasteiger partial charge in [0, 0.05) is 38.0 Å². The monoisotopic (exact) mass is 329 g/mol. The van der Waals surface area contributed by atoms with E-state index in [1.807, 2.05) is 6.92 Å². The molecule has 1 unspecified atom stereocenters. The average Bonchev–Trinajstić information content (AvgIpc) is 3.23. The van der Waals surface area contributed by atoms with Crippen molar-refractivity contribution in [2.45, 2.75) is 64.7 Å². The lowest BCUT2D eigenvalue weighted by molar-refractivity contribution is -0.126. The van der Waals surface area contributed by atoms with Crippen LogP contribution in [0.1, 0.15) is 55.7 Å². The smallest absolute Gasteiger partial charge is 0.223 e. The largest absolute Gasteiger partial charge is 0.353 e. The summed E-state index contributed by atoms with van der Waals surface area (Å²) in [7, 11) is 0. The van der Waals surface area contributed by atoms with Crippen molar-refractivity contribution < 1.29 is 9.59 Å². The first kappa shape index (κ1) is 17.0. The summed E-state index contributed by atoms with van der Waals surface area (Å²) in [6, 6.07) is 6.22. The van der Waals surface area contributed by atoms with Crippen molar-refractivity contribution in [1.82, 2.24) is 16.0 Å². The molecule has 2 aliphatic rings.